The molecule has 9 N–H and O–H groups in total. The van der Waals surface area contributed by atoms with E-state index in [2.05, 4.69) is 73.6 Å². The van der Waals surface area contributed by atoms with Crippen molar-refractivity contribution in [2.75, 3.05) is 121 Å². The van der Waals surface area contributed by atoms with Crippen LogP contribution in [0.2, 0.25) is 0 Å². The van der Waals surface area contributed by atoms with Crippen LogP contribution in [0.3, 0.4) is 0 Å². The third kappa shape index (κ3) is 16.7. The van der Waals surface area contributed by atoms with E-state index in [1.54, 1.807) is 38.5 Å². The first-order valence-corrected chi connectivity index (χ1v) is 38.2. The molecule has 5 saturated heterocycles. The lowest BCUT2D eigenvalue weighted by atomic mass is 10.2. The molecule has 548 valence electrons. The number of morpholine rings is 5. The fourth-order valence-corrected chi connectivity index (χ4v) is 16.9. The van der Waals surface area contributed by atoms with E-state index < -0.39 is 133 Å². The number of nitrogen functional groups attached to an aromatic ring is 4. The number of ether oxygens (including phenoxy) is 5. The van der Waals surface area contributed by atoms with Gasteiger partial charge in [0.15, 0.2) is 65.0 Å². The Balaban J connectivity index is 0.697. The van der Waals surface area contributed by atoms with Crippen molar-refractivity contribution in [3.8, 4) is 0 Å². The summed E-state index contributed by atoms with van der Waals surface area (Å²) in [4.78, 5) is 85.8. The second kappa shape index (κ2) is 32.0. The molecule has 0 spiro atoms. The van der Waals surface area contributed by atoms with Crippen LogP contribution in [-0.4, -0.2) is 242 Å². The molecule has 5 aliphatic heterocycles. The molecule has 13 rings (SSSR count). The van der Waals surface area contributed by atoms with Gasteiger partial charge in [-0.25, -0.2) is 54.4 Å². The number of fused-ring (bicyclic) bond motifs is 3. The highest BCUT2D eigenvalue weighted by Crippen LogP contribution is 2.43. The number of rotatable bonds is 26. The number of imidazole rings is 3. The Morgan fingerprint density at radius 3 is 1.21 bits per heavy atom. The molecule has 0 amide bonds. The number of anilines is 4. The smallest absolute Gasteiger partial charge is 0.383 e. The van der Waals surface area contributed by atoms with E-state index in [1.165, 1.54) is 71.0 Å². The number of hydrogen-bond acceptors (Lipinski definition) is 33. The highest BCUT2D eigenvalue weighted by molar-refractivity contribution is 7.40. The Morgan fingerprint density at radius 2 is 0.835 bits per heavy atom. The lowest BCUT2D eigenvalue weighted by molar-refractivity contribution is -0.138. The summed E-state index contributed by atoms with van der Waals surface area (Å²) < 4.78 is 147. The molecule has 43 nitrogen and oxygen atoms in total. The van der Waals surface area contributed by atoms with E-state index in [4.69, 9.17) is 69.2 Å². The Morgan fingerprint density at radius 1 is 0.476 bits per heavy atom. The third-order valence-electron chi connectivity index (χ3n) is 17.4. The van der Waals surface area contributed by atoms with Gasteiger partial charge in [0.1, 0.15) is 111 Å². The van der Waals surface area contributed by atoms with Gasteiger partial charge in [-0.2, -0.15) is 4.98 Å². The van der Waals surface area contributed by atoms with Crippen molar-refractivity contribution < 1.29 is 69.1 Å². The average molecular weight is 1530 g/mol. The van der Waals surface area contributed by atoms with Gasteiger partial charge in [-0.1, -0.05) is 18.7 Å². The van der Waals surface area contributed by atoms with Crippen molar-refractivity contribution in [2.45, 2.75) is 108 Å². The van der Waals surface area contributed by atoms with Crippen molar-refractivity contribution in [3.05, 3.63) is 93.3 Å². The second-order valence-electron chi connectivity index (χ2n) is 25.2. The van der Waals surface area contributed by atoms with Gasteiger partial charge in [-0.15, -0.1) is 22.6 Å². The van der Waals surface area contributed by atoms with Gasteiger partial charge >= 0.3 is 52.1 Å². The monoisotopic (exact) mass is 1530 g/mol. The van der Waals surface area contributed by atoms with Crippen molar-refractivity contribution in [1.82, 2.24) is 101 Å². The highest BCUT2D eigenvalue weighted by atomic mass is 31.1. The van der Waals surface area contributed by atoms with Crippen LogP contribution < -0.4 is 39.9 Å². The number of nitrogens with zero attached hydrogens (tertiary/aromatic N) is 20. The van der Waals surface area contributed by atoms with E-state index in [0.29, 0.717) is 35.4 Å². The summed E-state index contributed by atoms with van der Waals surface area (Å²) in [7, 11) is -13.2. The summed E-state index contributed by atoms with van der Waals surface area (Å²) in [6, 6.07) is 1.47. The van der Waals surface area contributed by atoms with Crippen LogP contribution in [0.4, 0.5) is 23.3 Å². The quantitative estimate of drug-likeness (QED) is 0.0485. The van der Waals surface area contributed by atoms with Crippen LogP contribution in [0.5, 0.6) is 0 Å². The molecule has 5 aliphatic rings. The van der Waals surface area contributed by atoms with Gasteiger partial charge in [0.25, 0.3) is 5.56 Å². The van der Waals surface area contributed by atoms with Crippen molar-refractivity contribution >= 4 is 97.5 Å². The van der Waals surface area contributed by atoms with Crippen molar-refractivity contribution in [2.24, 2.45) is 0 Å². The molecule has 48 heteroatoms. The topological polar surface area (TPSA) is 518 Å². The molecule has 0 bridgehead atoms. The fraction of sp³-hybridized carbons (Fsp3) is 0.582. The normalized spacial score (nSPS) is 25.3. The van der Waals surface area contributed by atoms with E-state index >= 15 is 0 Å². The average Bonchev–Trinajstić information content (AvgIpc) is 1.71. The molecule has 0 aromatic carbocycles. The lowest BCUT2D eigenvalue weighted by Crippen LogP contribution is -2.50. The van der Waals surface area contributed by atoms with E-state index in [-0.39, 0.29) is 124 Å². The minimum atomic E-state index is -2.85. The van der Waals surface area contributed by atoms with Gasteiger partial charge in [-0.05, 0) is 63.5 Å². The summed E-state index contributed by atoms with van der Waals surface area (Å²) >= 11 is 0. The fourth-order valence-electron chi connectivity index (χ4n) is 12.1. The first-order chi connectivity index (χ1) is 49.5. The zero-order chi connectivity index (χ0) is 72.5. The number of aromatic amines is 1. The maximum atomic E-state index is 14.8. The summed E-state index contributed by atoms with van der Waals surface area (Å²) in [5.41, 5.74) is 24.1. The number of hydrogen-bond donors (Lipinski definition) is 5. The first kappa shape index (κ1) is 73.6. The minimum Gasteiger partial charge on any atom is -0.383 e. The summed E-state index contributed by atoms with van der Waals surface area (Å²) in [5, 5.41) is 0. The van der Waals surface area contributed by atoms with Gasteiger partial charge in [0.2, 0.25) is 0 Å². The molecular formula is C55H75N25O18P5+5. The molecule has 5 fully saturated rings. The largest absolute Gasteiger partial charge is 0.616 e. The molecule has 5 unspecified atom stereocenters. The standard InChI is InChI=1S/C55H73N25O18P5/c1-30(2)71-9-33(94-39(14-71)78-27-66-44-47(57)60-24-63-50(44)78)20-90-102(87)74-12-36(97-42(17-74)79-28-67-45-48(58)61-25-64-51(45)79)23-93-103(88)75-13-37(98-43(18-75)80-29-68-46-49(59)62-26-65-52(46)80)22-92-100(85)72-11-35(95-40(15-72)76-7-6-38(56)69-54(76)82)21-91-101(86)73-10-34(19-89-99(84)31(3)4)96-41(16-73)77-8-32(5)53(81)70-55(77)83/h6-8,24-31,33-37,39-43H,9-23H2,1-5H3,(H7-2,56,57,58,59,60,61,62,63,64,65,69,70,81,82,83)/q+3/p+2/t33-,34-,35-,36-,37-,39+,40+,41+,42+,43+/m0/s1. The van der Waals surface area contributed by atoms with Crippen LogP contribution >= 0.6 is 40.7 Å². The second-order valence-corrected chi connectivity index (χ2v) is 32.2. The maximum Gasteiger partial charge on any atom is 0.616 e. The SMILES string of the molecule is Cc1cn([C@H]2CN([P+](=O)OC[C@@H]3CN([P+](=O)OC[C@@H]4CN([P+](=O)OC[C@@H]5CN([P+](=O)OC[C@@H]6CN(C(C)C)C[C@H](n7cnc8c(N)ncnc87)O6)C[C@H](n6cnc7c(N)ncnc76)O5)C[C@H](n5cnc6c(N)ncnc65)O4)C[C@H](n4ccc(N)nc4=O)O3)C[C@@H](CO[P+](=O)C(C)C)O2)c(=O)[nH]c1=O. The summed E-state index contributed by atoms with van der Waals surface area (Å²) in [6.07, 6.45) is 1.85. The van der Waals surface area contributed by atoms with Crippen LogP contribution in [0.15, 0.2) is 70.8 Å². The predicted molar refractivity (Wildman–Crippen MR) is 364 cm³/mol. The first-order valence-electron chi connectivity index (χ1n) is 32.4. The highest BCUT2D eigenvalue weighted by Gasteiger charge is 2.50. The molecular weight excluding hydrogens is 1450 g/mol. The molecule has 103 heavy (non-hydrogen) atoms. The minimum absolute atomic E-state index is 0.00558. The van der Waals surface area contributed by atoms with Crippen LogP contribution in [0.25, 0.3) is 33.5 Å². The summed E-state index contributed by atoms with van der Waals surface area (Å²) in [6.45, 7) is 7.70. The van der Waals surface area contributed by atoms with Gasteiger partial charge in [0, 0.05) is 37.1 Å². The van der Waals surface area contributed by atoms with Crippen molar-refractivity contribution in [1.29, 1.82) is 0 Å². The zero-order valence-electron chi connectivity index (χ0n) is 56.1. The molecule has 8 aromatic rings. The Hall–Kier alpha value is -7.69. The van der Waals surface area contributed by atoms with Gasteiger partial charge in [-0.3, -0.25) is 37.5 Å². The van der Waals surface area contributed by atoms with E-state index in [9.17, 15) is 37.2 Å². The molecule has 0 saturated carbocycles. The Kier molecular flexibility index (Phi) is 22.8. The Bertz CT molecular complexity index is 4680. The van der Waals surface area contributed by atoms with Crippen LogP contribution in [-0.2, 0) is 69.1 Å². The molecule has 13 heterocycles. The van der Waals surface area contributed by atoms with Gasteiger partial charge < -0.3 is 46.6 Å². The number of nitrogens with two attached hydrogens (primary N) is 4. The molecule has 8 aromatic heterocycles. The number of aromatic nitrogens is 16. The predicted octanol–water partition coefficient (Wildman–Crippen LogP) is 2.22. The maximum absolute atomic E-state index is 14.8. The summed E-state index contributed by atoms with van der Waals surface area (Å²) in [5.74, 6) is 0.361. The van der Waals surface area contributed by atoms with E-state index in [0.717, 1.165) is 9.13 Å². The van der Waals surface area contributed by atoms with Crippen LogP contribution in [0, 0.1) is 6.92 Å². The van der Waals surface area contributed by atoms with Crippen LogP contribution in [0.1, 0.15) is 64.4 Å². The number of aryl methyl sites for hydroxylation is 1. The third-order valence-corrected chi connectivity index (χ3v) is 23.2. The van der Waals surface area contributed by atoms with E-state index in [1.807, 2.05) is 0 Å². The molecule has 0 aliphatic carbocycles. The van der Waals surface area contributed by atoms with Gasteiger partial charge in [0.05, 0.1) is 71.3 Å². The Labute approximate surface area is 588 Å². The molecule has 0 radical (unpaired) electrons. The lowest BCUT2D eigenvalue weighted by Gasteiger charge is -2.39. The zero-order valence-corrected chi connectivity index (χ0v) is 60.5. The van der Waals surface area contributed by atoms with Crippen molar-refractivity contribution in [3.63, 3.8) is 0 Å². The number of nitrogens with one attached hydrogen (secondary N) is 1. The number of H-pyrrole nitrogens is 1. The molecule has 15 atom stereocenters.